The first-order valence-corrected chi connectivity index (χ1v) is 7.01. The summed E-state index contributed by atoms with van der Waals surface area (Å²) in [5.41, 5.74) is 8.26. The van der Waals surface area contributed by atoms with Gasteiger partial charge in [-0.15, -0.1) is 0 Å². The van der Waals surface area contributed by atoms with Gasteiger partial charge in [0, 0.05) is 25.6 Å². The predicted octanol–water partition coefficient (Wildman–Crippen LogP) is 2.35. The number of hydrogen-bond donors (Lipinski definition) is 2. The van der Waals surface area contributed by atoms with Crippen molar-refractivity contribution >= 4 is 5.84 Å². The zero-order valence-corrected chi connectivity index (χ0v) is 11.5. The quantitative estimate of drug-likeness (QED) is 0.343. The Balaban J connectivity index is 1.92. The second-order valence-electron chi connectivity index (χ2n) is 5.21. The van der Waals surface area contributed by atoms with Crippen LogP contribution in [0.1, 0.15) is 37.3 Å². The van der Waals surface area contributed by atoms with Gasteiger partial charge in [0.15, 0.2) is 0 Å². The number of rotatable bonds is 7. The number of nitrogens with zero attached hydrogens (tertiary/aromatic N) is 2. The van der Waals surface area contributed by atoms with Gasteiger partial charge in [-0.05, 0) is 30.4 Å². The molecule has 19 heavy (non-hydrogen) atoms. The van der Waals surface area contributed by atoms with Crippen LogP contribution in [0.15, 0.2) is 29.4 Å². The van der Waals surface area contributed by atoms with Gasteiger partial charge in [-0.25, -0.2) is 0 Å². The summed E-state index contributed by atoms with van der Waals surface area (Å²) < 4.78 is 0. The summed E-state index contributed by atoms with van der Waals surface area (Å²) in [5, 5.41) is 11.6. The van der Waals surface area contributed by atoms with E-state index in [0.717, 1.165) is 19.5 Å². The summed E-state index contributed by atoms with van der Waals surface area (Å²) in [6.07, 6.45) is 4.24. The standard InChI is InChI=1S/C15H23N3O/c1-2-12-3-5-13(6-4-12)11-18(14-7-8-14)10-9-15(16)17-19/h3-6,14,19H,2,7-11H2,1H3,(H2,16,17). The molecule has 0 heterocycles. The molecule has 1 aromatic carbocycles. The molecule has 0 aromatic heterocycles. The molecule has 0 atom stereocenters. The van der Waals surface area contributed by atoms with Crippen LogP contribution in [0.4, 0.5) is 0 Å². The first-order valence-electron chi connectivity index (χ1n) is 7.01. The molecule has 2 rings (SSSR count). The molecule has 0 aliphatic heterocycles. The van der Waals surface area contributed by atoms with Crippen LogP contribution in [-0.4, -0.2) is 28.5 Å². The summed E-state index contributed by atoms with van der Waals surface area (Å²) in [6, 6.07) is 9.49. The van der Waals surface area contributed by atoms with Crippen molar-refractivity contribution in [2.75, 3.05) is 6.54 Å². The minimum Gasteiger partial charge on any atom is -0.409 e. The number of oxime groups is 1. The fourth-order valence-electron chi connectivity index (χ4n) is 2.25. The van der Waals surface area contributed by atoms with E-state index in [2.05, 4.69) is 41.2 Å². The average molecular weight is 261 g/mol. The second-order valence-corrected chi connectivity index (χ2v) is 5.21. The van der Waals surface area contributed by atoms with Gasteiger partial charge in [0.05, 0.1) is 0 Å². The van der Waals surface area contributed by atoms with Crippen LogP contribution in [0.3, 0.4) is 0 Å². The Morgan fingerprint density at radius 2 is 1.95 bits per heavy atom. The summed E-state index contributed by atoms with van der Waals surface area (Å²) in [6.45, 7) is 3.98. The summed E-state index contributed by atoms with van der Waals surface area (Å²) in [5.74, 6) is 0.312. The lowest BCUT2D eigenvalue weighted by Crippen LogP contribution is -2.29. The maximum Gasteiger partial charge on any atom is 0.140 e. The third-order valence-electron chi connectivity index (χ3n) is 3.66. The zero-order valence-electron chi connectivity index (χ0n) is 11.5. The average Bonchev–Trinajstić information content (AvgIpc) is 3.28. The molecular weight excluding hydrogens is 238 g/mol. The smallest absolute Gasteiger partial charge is 0.140 e. The van der Waals surface area contributed by atoms with Crippen LogP contribution in [0, 0.1) is 0 Å². The Bertz CT molecular complexity index is 424. The van der Waals surface area contributed by atoms with Gasteiger partial charge >= 0.3 is 0 Å². The van der Waals surface area contributed by atoms with Gasteiger partial charge in [-0.2, -0.15) is 0 Å². The van der Waals surface area contributed by atoms with Crippen LogP contribution >= 0.6 is 0 Å². The highest BCUT2D eigenvalue weighted by Gasteiger charge is 2.28. The highest BCUT2D eigenvalue weighted by atomic mass is 16.4. The van der Waals surface area contributed by atoms with E-state index < -0.39 is 0 Å². The Hall–Kier alpha value is -1.55. The second kappa shape index (κ2) is 6.57. The fourth-order valence-corrected chi connectivity index (χ4v) is 2.25. The van der Waals surface area contributed by atoms with Gasteiger partial charge in [-0.3, -0.25) is 4.90 Å². The molecule has 0 saturated heterocycles. The first-order chi connectivity index (χ1) is 9.22. The number of amidine groups is 1. The van der Waals surface area contributed by atoms with Crippen molar-refractivity contribution in [3.8, 4) is 0 Å². The minimum atomic E-state index is 0.312. The van der Waals surface area contributed by atoms with Crippen molar-refractivity contribution < 1.29 is 5.21 Å². The van der Waals surface area contributed by atoms with Crippen molar-refractivity contribution in [3.63, 3.8) is 0 Å². The molecule has 3 N–H and O–H groups in total. The lowest BCUT2D eigenvalue weighted by molar-refractivity contribution is 0.259. The van der Waals surface area contributed by atoms with Crippen molar-refractivity contribution in [2.45, 2.75) is 45.2 Å². The van der Waals surface area contributed by atoms with Crippen molar-refractivity contribution in [1.29, 1.82) is 0 Å². The molecular formula is C15H23N3O. The molecule has 4 heteroatoms. The van der Waals surface area contributed by atoms with E-state index in [-0.39, 0.29) is 0 Å². The Labute approximate surface area is 114 Å². The SMILES string of the molecule is CCc1ccc(CN(CCC(N)=NO)C2CC2)cc1. The van der Waals surface area contributed by atoms with E-state index >= 15 is 0 Å². The number of nitrogens with two attached hydrogens (primary N) is 1. The van der Waals surface area contributed by atoms with Crippen molar-refractivity contribution in [2.24, 2.45) is 10.9 Å². The van der Waals surface area contributed by atoms with E-state index in [1.807, 2.05) is 0 Å². The number of hydrogen-bond acceptors (Lipinski definition) is 3. The molecule has 1 fully saturated rings. The fraction of sp³-hybridized carbons (Fsp3) is 0.533. The third kappa shape index (κ3) is 4.24. The summed E-state index contributed by atoms with van der Waals surface area (Å²) in [4.78, 5) is 2.43. The third-order valence-corrected chi connectivity index (χ3v) is 3.66. The maximum absolute atomic E-state index is 8.59. The Morgan fingerprint density at radius 3 is 2.47 bits per heavy atom. The molecule has 1 aliphatic carbocycles. The van der Waals surface area contributed by atoms with E-state index in [0.29, 0.717) is 18.3 Å². The molecule has 1 aliphatic rings. The summed E-state index contributed by atoms with van der Waals surface area (Å²) in [7, 11) is 0. The number of aryl methyl sites for hydroxylation is 1. The highest BCUT2D eigenvalue weighted by molar-refractivity contribution is 5.79. The summed E-state index contributed by atoms with van der Waals surface area (Å²) >= 11 is 0. The van der Waals surface area contributed by atoms with Crippen molar-refractivity contribution in [3.05, 3.63) is 35.4 Å². The number of benzene rings is 1. The Kier molecular flexibility index (Phi) is 4.80. The molecule has 0 amide bonds. The van der Waals surface area contributed by atoms with Crippen molar-refractivity contribution in [1.82, 2.24) is 4.90 Å². The molecule has 0 spiro atoms. The van der Waals surface area contributed by atoms with Gasteiger partial charge in [0.2, 0.25) is 0 Å². The van der Waals surface area contributed by atoms with Gasteiger partial charge < -0.3 is 10.9 Å². The highest BCUT2D eigenvalue weighted by Crippen LogP contribution is 2.28. The molecule has 0 radical (unpaired) electrons. The lowest BCUT2D eigenvalue weighted by Gasteiger charge is -2.21. The Morgan fingerprint density at radius 1 is 1.32 bits per heavy atom. The van der Waals surface area contributed by atoms with Gasteiger partial charge in [0.1, 0.15) is 5.84 Å². The monoisotopic (exact) mass is 261 g/mol. The predicted molar refractivity (Wildman–Crippen MR) is 77.3 cm³/mol. The molecule has 1 saturated carbocycles. The van der Waals surface area contributed by atoms with E-state index in [1.54, 1.807) is 0 Å². The van der Waals surface area contributed by atoms with Crippen LogP contribution in [0.5, 0.6) is 0 Å². The topological polar surface area (TPSA) is 61.8 Å². The van der Waals surface area contributed by atoms with E-state index in [1.165, 1.54) is 24.0 Å². The molecule has 104 valence electrons. The van der Waals surface area contributed by atoms with E-state index in [4.69, 9.17) is 10.9 Å². The van der Waals surface area contributed by atoms with Crippen LogP contribution < -0.4 is 5.73 Å². The first kappa shape index (κ1) is 13.9. The largest absolute Gasteiger partial charge is 0.409 e. The molecule has 4 nitrogen and oxygen atoms in total. The molecule has 1 aromatic rings. The van der Waals surface area contributed by atoms with Gasteiger partial charge in [0.25, 0.3) is 0 Å². The molecule has 0 bridgehead atoms. The maximum atomic E-state index is 8.59. The van der Waals surface area contributed by atoms with Crippen LogP contribution in [0.25, 0.3) is 0 Å². The van der Waals surface area contributed by atoms with E-state index in [9.17, 15) is 0 Å². The minimum absolute atomic E-state index is 0.312. The van der Waals surface area contributed by atoms with Crippen LogP contribution in [-0.2, 0) is 13.0 Å². The lowest BCUT2D eigenvalue weighted by atomic mass is 10.1. The molecule has 0 unspecified atom stereocenters. The van der Waals surface area contributed by atoms with Crippen LogP contribution in [0.2, 0.25) is 0 Å². The normalized spacial score (nSPS) is 16.0. The van der Waals surface area contributed by atoms with Gasteiger partial charge in [-0.1, -0.05) is 36.3 Å². The zero-order chi connectivity index (χ0) is 13.7.